The zero-order valence-corrected chi connectivity index (χ0v) is 13.6. The molecule has 2 N–H and O–H groups in total. The van der Waals surface area contributed by atoms with Gasteiger partial charge in [-0.3, -0.25) is 4.79 Å². The van der Waals surface area contributed by atoms with Gasteiger partial charge in [-0.25, -0.2) is 15.0 Å². The van der Waals surface area contributed by atoms with Gasteiger partial charge in [0.15, 0.2) is 0 Å². The lowest BCUT2D eigenvalue weighted by molar-refractivity contribution is 0.0676. The lowest BCUT2D eigenvalue weighted by Gasteiger charge is -2.32. The second-order valence-corrected chi connectivity index (χ2v) is 6.12. The van der Waals surface area contributed by atoms with E-state index in [9.17, 15) is 4.79 Å². The minimum Gasteiger partial charge on any atom is -0.368 e. The van der Waals surface area contributed by atoms with Crippen molar-refractivity contribution in [3.05, 3.63) is 35.7 Å². The fraction of sp³-hybridized carbons (Fsp3) is 0.500. The summed E-state index contributed by atoms with van der Waals surface area (Å²) in [4.78, 5) is 26.7. The summed E-state index contributed by atoms with van der Waals surface area (Å²) in [7, 11) is 0. The first kappa shape index (κ1) is 15.5. The van der Waals surface area contributed by atoms with E-state index in [-0.39, 0.29) is 11.9 Å². The molecule has 7 heteroatoms. The van der Waals surface area contributed by atoms with Crippen LogP contribution in [0.25, 0.3) is 0 Å². The number of amides is 1. The van der Waals surface area contributed by atoms with E-state index in [0.717, 1.165) is 38.3 Å². The van der Waals surface area contributed by atoms with E-state index in [0.29, 0.717) is 17.3 Å². The molecular weight excluding hydrogens is 292 g/mol. The molecule has 122 valence electrons. The van der Waals surface area contributed by atoms with E-state index in [4.69, 9.17) is 5.73 Å². The number of anilines is 1. The van der Waals surface area contributed by atoms with Gasteiger partial charge in [-0.15, -0.1) is 0 Å². The molecule has 3 rings (SSSR count). The zero-order chi connectivity index (χ0) is 16.4. The zero-order valence-electron chi connectivity index (χ0n) is 13.6. The van der Waals surface area contributed by atoms with Crippen LogP contribution in [0.1, 0.15) is 34.8 Å². The molecule has 0 aliphatic carbocycles. The third-order valence-corrected chi connectivity index (χ3v) is 4.37. The van der Waals surface area contributed by atoms with Gasteiger partial charge in [-0.2, -0.15) is 0 Å². The molecule has 3 heterocycles. The standard InChI is InChI=1S/C16H22N6O/c1-11-9-14(20-16(17)19-11)15(23)21-6-3-13(4-7-21)10-22-8-5-18-12(22)2/h5,8-9,13H,3-4,6-7,10H2,1-2H3,(H2,17,19,20). The SMILES string of the molecule is Cc1cc(C(=O)N2CCC(Cn3ccnc3C)CC2)nc(N)n1. The molecule has 7 nitrogen and oxygen atoms in total. The number of hydrogen-bond donors (Lipinski definition) is 1. The lowest BCUT2D eigenvalue weighted by atomic mass is 9.96. The number of piperidine rings is 1. The number of nitrogen functional groups attached to an aromatic ring is 1. The number of nitrogens with two attached hydrogens (primary N) is 1. The van der Waals surface area contributed by atoms with Crippen LogP contribution in [0.4, 0.5) is 5.95 Å². The molecule has 1 aliphatic rings. The minimum absolute atomic E-state index is 0.0561. The van der Waals surface area contributed by atoms with Gasteiger partial charge in [0.1, 0.15) is 11.5 Å². The topological polar surface area (TPSA) is 89.9 Å². The molecule has 1 amide bonds. The first-order valence-corrected chi connectivity index (χ1v) is 7.91. The van der Waals surface area contributed by atoms with Crippen molar-refractivity contribution in [3.63, 3.8) is 0 Å². The third-order valence-electron chi connectivity index (χ3n) is 4.37. The first-order chi connectivity index (χ1) is 11.0. The minimum atomic E-state index is -0.0561. The van der Waals surface area contributed by atoms with Crippen molar-refractivity contribution < 1.29 is 4.79 Å². The predicted octanol–water partition coefficient (Wildman–Crippen LogP) is 1.42. The Morgan fingerprint density at radius 3 is 2.65 bits per heavy atom. The van der Waals surface area contributed by atoms with Gasteiger partial charge in [0.05, 0.1) is 0 Å². The van der Waals surface area contributed by atoms with E-state index in [1.165, 1.54) is 0 Å². The van der Waals surface area contributed by atoms with Gasteiger partial charge in [-0.1, -0.05) is 0 Å². The number of rotatable bonds is 3. The quantitative estimate of drug-likeness (QED) is 0.925. The molecule has 0 radical (unpaired) electrons. The van der Waals surface area contributed by atoms with Crippen molar-refractivity contribution >= 4 is 11.9 Å². The van der Waals surface area contributed by atoms with Crippen LogP contribution in [0, 0.1) is 19.8 Å². The number of nitrogens with zero attached hydrogens (tertiary/aromatic N) is 5. The average molecular weight is 314 g/mol. The van der Waals surface area contributed by atoms with E-state index >= 15 is 0 Å². The molecule has 0 unspecified atom stereocenters. The van der Waals surface area contributed by atoms with Gasteiger partial charge in [0.25, 0.3) is 5.91 Å². The summed E-state index contributed by atoms with van der Waals surface area (Å²) in [5.74, 6) is 1.71. The normalized spacial score (nSPS) is 15.8. The monoisotopic (exact) mass is 314 g/mol. The highest BCUT2D eigenvalue weighted by Crippen LogP contribution is 2.21. The molecule has 1 saturated heterocycles. The Labute approximate surface area is 135 Å². The van der Waals surface area contributed by atoms with Gasteiger partial charge in [-0.05, 0) is 38.7 Å². The average Bonchev–Trinajstić information content (AvgIpc) is 2.91. The lowest BCUT2D eigenvalue weighted by Crippen LogP contribution is -2.39. The van der Waals surface area contributed by atoms with Gasteiger partial charge < -0.3 is 15.2 Å². The Morgan fingerprint density at radius 1 is 1.30 bits per heavy atom. The molecule has 0 bridgehead atoms. The van der Waals surface area contributed by atoms with Crippen LogP contribution in [0.15, 0.2) is 18.5 Å². The molecular formula is C16H22N6O. The van der Waals surface area contributed by atoms with Crippen molar-refractivity contribution in [2.24, 2.45) is 5.92 Å². The maximum Gasteiger partial charge on any atom is 0.272 e. The van der Waals surface area contributed by atoms with Crippen molar-refractivity contribution in [1.82, 2.24) is 24.4 Å². The molecule has 1 fully saturated rings. The Hall–Kier alpha value is -2.44. The fourth-order valence-electron chi connectivity index (χ4n) is 3.06. The van der Waals surface area contributed by atoms with Crippen molar-refractivity contribution in [2.75, 3.05) is 18.8 Å². The van der Waals surface area contributed by atoms with Crippen LogP contribution in [0.3, 0.4) is 0 Å². The Morgan fingerprint density at radius 2 is 2.04 bits per heavy atom. The number of carbonyl (C=O) groups excluding carboxylic acids is 1. The number of aryl methyl sites for hydroxylation is 2. The second kappa shape index (κ2) is 6.36. The van der Waals surface area contributed by atoms with Crippen LogP contribution in [-0.2, 0) is 6.54 Å². The van der Waals surface area contributed by atoms with E-state index in [1.807, 2.05) is 31.1 Å². The Bertz CT molecular complexity index is 682. The van der Waals surface area contributed by atoms with E-state index in [2.05, 4.69) is 19.5 Å². The Balaban J connectivity index is 1.60. The van der Waals surface area contributed by atoms with E-state index in [1.54, 1.807) is 6.07 Å². The summed E-state index contributed by atoms with van der Waals surface area (Å²) in [6, 6.07) is 1.69. The van der Waals surface area contributed by atoms with Crippen LogP contribution in [-0.4, -0.2) is 43.4 Å². The van der Waals surface area contributed by atoms with Gasteiger partial charge in [0, 0.05) is 37.7 Å². The maximum atomic E-state index is 12.5. The van der Waals surface area contributed by atoms with E-state index < -0.39 is 0 Å². The van der Waals surface area contributed by atoms with Crippen molar-refractivity contribution in [3.8, 4) is 0 Å². The number of aromatic nitrogens is 4. The fourth-order valence-corrected chi connectivity index (χ4v) is 3.06. The highest BCUT2D eigenvalue weighted by molar-refractivity contribution is 5.92. The van der Waals surface area contributed by atoms with Crippen LogP contribution >= 0.6 is 0 Å². The molecule has 0 aromatic carbocycles. The second-order valence-electron chi connectivity index (χ2n) is 6.12. The van der Waals surface area contributed by atoms with Crippen LogP contribution < -0.4 is 5.73 Å². The molecule has 0 saturated carbocycles. The largest absolute Gasteiger partial charge is 0.368 e. The van der Waals surface area contributed by atoms with Gasteiger partial charge >= 0.3 is 0 Å². The highest BCUT2D eigenvalue weighted by Gasteiger charge is 2.25. The van der Waals surface area contributed by atoms with Crippen LogP contribution in [0.5, 0.6) is 0 Å². The number of likely N-dealkylation sites (tertiary alicyclic amines) is 1. The summed E-state index contributed by atoms with van der Waals surface area (Å²) >= 11 is 0. The predicted molar refractivity (Wildman–Crippen MR) is 86.8 cm³/mol. The Kier molecular flexibility index (Phi) is 4.27. The number of imidazole rings is 1. The maximum absolute atomic E-state index is 12.5. The molecule has 23 heavy (non-hydrogen) atoms. The summed E-state index contributed by atoms with van der Waals surface area (Å²) < 4.78 is 2.18. The molecule has 0 spiro atoms. The molecule has 0 atom stereocenters. The number of carbonyl (C=O) groups is 1. The summed E-state index contributed by atoms with van der Waals surface area (Å²) in [5, 5.41) is 0. The van der Waals surface area contributed by atoms with Crippen molar-refractivity contribution in [2.45, 2.75) is 33.2 Å². The summed E-state index contributed by atoms with van der Waals surface area (Å²) in [5.41, 5.74) is 6.74. The summed E-state index contributed by atoms with van der Waals surface area (Å²) in [6.45, 7) is 6.29. The molecule has 1 aliphatic heterocycles. The summed E-state index contributed by atoms with van der Waals surface area (Å²) in [6.07, 6.45) is 5.82. The first-order valence-electron chi connectivity index (χ1n) is 7.91. The van der Waals surface area contributed by atoms with Crippen LogP contribution in [0.2, 0.25) is 0 Å². The highest BCUT2D eigenvalue weighted by atomic mass is 16.2. The molecule has 2 aromatic rings. The molecule has 2 aromatic heterocycles. The van der Waals surface area contributed by atoms with Gasteiger partial charge in [0.2, 0.25) is 5.95 Å². The number of hydrogen-bond acceptors (Lipinski definition) is 5. The smallest absolute Gasteiger partial charge is 0.272 e. The van der Waals surface area contributed by atoms with Crippen molar-refractivity contribution in [1.29, 1.82) is 0 Å². The third kappa shape index (κ3) is 3.49.